The van der Waals surface area contributed by atoms with Gasteiger partial charge in [0.2, 0.25) is 0 Å². The Bertz CT molecular complexity index is 917. The van der Waals surface area contributed by atoms with E-state index in [4.69, 9.17) is 4.42 Å². The van der Waals surface area contributed by atoms with E-state index >= 15 is 0 Å². The number of fused-ring (bicyclic) bond motifs is 3. The van der Waals surface area contributed by atoms with Crippen molar-refractivity contribution in [3.8, 4) is 11.1 Å². The van der Waals surface area contributed by atoms with Crippen LogP contribution in [0, 0.1) is 0 Å². The zero-order chi connectivity index (χ0) is 14.2. The smallest absolute Gasteiger partial charge is 0.143 e. The normalized spacial score (nSPS) is 11.3. The summed E-state index contributed by atoms with van der Waals surface area (Å²) in [7, 11) is 0. The van der Waals surface area contributed by atoms with Crippen LogP contribution in [0.5, 0.6) is 0 Å². The average molecular weight is 272 g/mol. The van der Waals surface area contributed by atoms with Crippen molar-refractivity contribution in [2.24, 2.45) is 0 Å². The Kier molecular flexibility index (Phi) is 2.78. The molecule has 0 spiro atoms. The summed E-state index contributed by atoms with van der Waals surface area (Å²) in [5.74, 6) is 0. The number of rotatable bonds is 2. The molecule has 0 unspecified atom stereocenters. The first-order chi connectivity index (χ1) is 10.4. The molecule has 1 heterocycles. The SMILES string of the molecule is CCc1ccc2c(c1)oc1c(-c3ccccc3)cccc12. The van der Waals surface area contributed by atoms with Gasteiger partial charge in [0.25, 0.3) is 0 Å². The topological polar surface area (TPSA) is 13.1 Å². The molecule has 0 atom stereocenters. The van der Waals surface area contributed by atoms with Crippen LogP contribution in [0.4, 0.5) is 0 Å². The lowest BCUT2D eigenvalue weighted by Gasteiger charge is -2.01. The third kappa shape index (κ3) is 1.93. The molecule has 0 bridgehead atoms. The third-order valence-electron chi connectivity index (χ3n) is 4.06. The Labute approximate surface area is 123 Å². The number of furan rings is 1. The minimum Gasteiger partial charge on any atom is -0.455 e. The van der Waals surface area contributed by atoms with E-state index in [0.717, 1.165) is 23.2 Å². The van der Waals surface area contributed by atoms with Gasteiger partial charge in [0.15, 0.2) is 0 Å². The minimum atomic E-state index is 0.979. The standard InChI is InChI=1S/C20H16O/c1-2-14-11-12-17-18-10-6-9-16(15-7-4-3-5-8-15)20(18)21-19(17)13-14/h3-13H,2H2,1H3. The third-order valence-corrected chi connectivity index (χ3v) is 4.06. The van der Waals surface area contributed by atoms with Gasteiger partial charge in [-0.1, -0.05) is 67.6 Å². The van der Waals surface area contributed by atoms with Gasteiger partial charge in [0, 0.05) is 16.3 Å². The van der Waals surface area contributed by atoms with Crippen molar-refractivity contribution in [2.45, 2.75) is 13.3 Å². The van der Waals surface area contributed by atoms with Crippen LogP contribution in [0.1, 0.15) is 12.5 Å². The van der Waals surface area contributed by atoms with Gasteiger partial charge in [-0.3, -0.25) is 0 Å². The van der Waals surface area contributed by atoms with Crippen LogP contribution in [-0.2, 0) is 6.42 Å². The van der Waals surface area contributed by atoms with E-state index in [0.29, 0.717) is 0 Å². The molecule has 0 fully saturated rings. The second kappa shape index (κ2) is 4.78. The van der Waals surface area contributed by atoms with Gasteiger partial charge in [-0.15, -0.1) is 0 Å². The summed E-state index contributed by atoms with van der Waals surface area (Å²) in [4.78, 5) is 0. The summed E-state index contributed by atoms with van der Waals surface area (Å²) in [5, 5.41) is 2.38. The highest BCUT2D eigenvalue weighted by molar-refractivity contribution is 6.09. The molecule has 0 aliphatic carbocycles. The molecule has 0 radical (unpaired) electrons. The number of para-hydroxylation sites is 1. The Morgan fingerprint density at radius 2 is 1.67 bits per heavy atom. The van der Waals surface area contributed by atoms with E-state index in [1.54, 1.807) is 0 Å². The van der Waals surface area contributed by atoms with Crippen molar-refractivity contribution in [3.63, 3.8) is 0 Å². The highest BCUT2D eigenvalue weighted by Gasteiger charge is 2.11. The van der Waals surface area contributed by atoms with Crippen LogP contribution in [0.25, 0.3) is 33.1 Å². The maximum Gasteiger partial charge on any atom is 0.143 e. The summed E-state index contributed by atoms with van der Waals surface area (Å²) in [6.07, 6.45) is 1.03. The van der Waals surface area contributed by atoms with Gasteiger partial charge in [-0.2, -0.15) is 0 Å². The number of hydrogen-bond acceptors (Lipinski definition) is 1. The van der Waals surface area contributed by atoms with Crippen LogP contribution in [0.15, 0.2) is 71.1 Å². The average Bonchev–Trinajstić information content (AvgIpc) is 2.93. The van der Waals surface area contributed by atoms with Gasteiger partial charge >= 0.3 is 0 Å². The van der Waals surface area contributed by atoms with E-state index in [1.165, 1.54) is 21.9 Å². The maximum absolute atomic E-state index is 6.18. The summed E-state index contributed by atoms with van der Waals surface area (Å²) < 4.78 is 6.18. The molecule has 1 aromatic heterocycles. The molecule has 4 rings (SSSR count). The first kappa shape index (κ1) is 12.2. The highest BCUT2D eigenvalue weighted by Crippen LogP contribution is 2.35. The molecule has 102 valence electrons. The fourth-order valence-electron chi connectivity index (χ4n) is 2.91. The molecule has 0 amide bonds. The molecule has 4 aromatic rings. The molecular formula is C20H16O. The quantitative estimate of drug-likeness (QED) is 0.448. The van der Waals surface area contributed by atoms with E-state index in [2.05, 4.69) is 67.6 Å². The zero-order valence-electron chi connectivity index (χ0n) is 12.0. The second-order valence-electron chi connectivity index (χ2n) is 5.33. The van der Waals surface area contributed by atoms with Crippen molar-refractivity contribution < 1.29 is 4.42 Å². The van der Waals surface area contributed by atoms with Crippen molar-refractivity contribution in [1.29, 1.82) is 0 Å². The lowest BCUT2D eigenvalue weighted by molar-refractivity contribution is 0.669. The predicted octanol–water partition coefficient (Wildman–Crippen LogP) is 5.82. The second-order valence-corrected chi connectivity index (χ2v) is 5.33. The maximum atomic E-state index is 6.18. The number of aryl methyl sites for hydroxylation is 1. The van der Waals surface area contributed by atoms with Gasteiger partial charge in [-0.25, -0.2) is 0 Å². The molecule has 0 aliphatic heterocycles. The van der Waals surface area contributed by atoms with Crippen molar-refractivity contribution in [3.05, 3.63) is 72.3 Å². The summed E-state index contributed by atoms with van der Waals surface area (Å²) in [5.41, 5.74) is 5.61. The van der Waals surface area contributed by atoms with Crippen molar-refractivity contribution in [1.82, 2.24) is 0 Å². The lowest BCUT2D eigenvalue weighted by atomic mass is 10.0. The Hall–Kier alpha value is -2.54. The Morgan fingerprint density at radius 1 is 0.810 bits per heavy atom. The molecule has 21 heavy (non-hydrogen) atoms. The molecular weight excluding hydrogens is 256 g/mol. The van der Waals surface area contributed by atoms with Crippen LogP contribution < -0.4 is 0 Å². The van der Waals surface area contributed by atoms with Crippen LogP contribution in [0.3, 0.4) is 0 Å². The monoisotopic (exact) mass is 272 g/mol. The van der Waals surface area contributed by atoms with Crippen LogP contribution in [0.2, 0.25) is 0 Å². The van der Waals surface area contributed by atoms with E-state index < -0.39 is 0 Å². The first-order valence-corrected chi connectivity index (χ1v) is 7.36. The Balaban J connectivity index is 2.05. The van der Waals surface area contributed by atoms with Crippen LogP contribution in [-0.4, -0.2) is 0 Å². The summed E-state index contributed by atoms with van der Waals surface area (Å²) in [6, 6.07) is 23.3. The number of hydrogen-bond donors (Lipinski definition) is 0. The molecule has 0 N–H and O–H groups in total. The van der Waals surface area contributed by atoms with E-state index in [-0.39, 0.29) is 0 Å². The fourth-order valence-corrected chi connectivity index (χ4v) is 2.91. The predicted molar refractivity (Wildman–Crippen MR) is 88.5 cm³/mol. The molecule has 3 aromatic carbocycles. The highest BCUT2D eigenvalue weighted by atomic mass is 16.3. The largest absolute Gasteiger partial charge is 0.455 e. The molecule has 0 saturated carbocycles. The lowest BCUT2D eigenvalue weighted by Crippen LogP contribution is -1.77. The van der Waals surface area contributed by atoms with Gasteiger partial charge in [-0.05, 0) is 23.6 Å². The van der Waals surface area contributed by atoms with E-state index in [1.807, 2.05) is 6.07 Å². The number of benzene rings is 3. The van der Waals surface area contributed by atoms with Crippen molar-refractivity contribution >= 4 is 21.9 Å². The van der Waals surface area contributed by atoms with Crippen molar-refractivity contribution in [2.75, 3.05) is 0 Å². The molecule has 0 saturated heterocycles. The van der Waals surface area contributed by atoms with Gasteiger partial charge < -0.3 is 4.42 Å². The minimum absolute atomic E-state index is 0.979. The zero-order valence-corrected chi connectivity index (χ0v) is 12.0. The molecule has 0 aliphatic rings. The Morgan fingerprint density at radius 3 is 2.48 bits per heavy atom. The fraction of sp³-hybridized carbons (Fsp3) is 0.100. The summed E-state index contributed by atoms with van der Waals surface area (Å²) >= 11 is 0. The van der Waals surface area contributed by atoms with E-state index in [9.17, 15) is 0 Å². The van der Waals surface area contributed by atoms with Gasteiger partial charge in [0.1, 0.15) is 11.2 Å². The first-order valence-electron chi connectivity index (χ1n) is 7.36. The molecule has 1 heteroatoms. The van der Waals surface area contributed by atoms with Gasteiger partial charge in [0.05, 0.1) is 0 Å². The van der Waals surface area contributed by atoms with Crippen LogP contribution >= 0.6 is 0 Å². The molecule has 1 nitrogen and oxygen atoms in total. The summed E-state index contributed by atoms with van der Waals surface area (Å²) in [6.45, 7) is 2.17.